The van der Waals surface area contributed by atoms with Crippen molar-refractivity contribution in [2.24, 2.45) is 0 Å². The number of hydrogen-bond donors (Lipinski definition) is 1. The summed E-state index contributed by atoms with van der Waals surface area (Å²) in [5.41, 5.74) is 2.20. The first-order chi connectivity index (χ1) is 12.2. The molecule has 0 spiro atoms. The van der Waals surface area contributed by atoms with Crippen molar-refractivity contribution in [2.75, 3.05) is 12.4 Å². The Morgan fingerprint density at radius 1 is 1.00 bits per heavy atom. The number of methoxy groups -OCH3 is 1. The second kappa shape index (κ2) is 5.98. The topological polar surface area (TPSA) is 51.5 Å². The van der Waals surface area contributed by atoms with Crippen LogP contribution in [0.3, 0.4) is 0 Å². The molecule has 0 saturated heterocycles. The number of furan rings is 1. The van der Waals surface area contributed by atoms with Crippen molar-refractivity contribution >= 4 is 33.3 Å². The predicted octanol–water partition coefficient (Wildman–Crippen LogP) is 5.16. The van der Waals surface area contributed by atoms with E-state index in [9.17, 15) is 4.79 Å². The van der Waals surface area contributed by atoms with Gasteiger partial charge in [0.15, 0.2) is 5.76 Å². The highest BCUT2D eigenvalue weighted by atomic mass is 16.5. The monoisotopic (exact) mass is 331 g/mol. The first-order valence-electron chi connectivity index (χ1n) is 8.03. The minimum atomic E-state index is -0.261. The fourth-order valence-electron chi connectivity index (χ4n) is 3.00. The van der Waals surface area contributed by atoms with Crippen molar-refractivity contribution in [1.82, 2.24) is 0 Å². The number of fused-ring (bicyclic) bond motifs is 2. The van der Waals surface area contributed by atoms with E-state index in [4.69, 9.17) is 9.15 Å². The van der Waals surface area contributed by atoms with Crippen LogP contribution in [0.1, 0.15) is 16.1 Å². The maximum Gasteiger partial charge on any atom is 0.291 e. The Balaban J connectivity index is 1.68. The average Bonchev–Trinajstić information content (AvgIpc) is 2.98. The van der Waals surface area contributed by atoms with Crippen LogP contribution in [0.5, 0.6) is 5.75 Å². The fourth-order valence-corrected chi connectivity index (χ4v) is 3.00. The number of carbonyl (C=O) groups is 1. The molecule has 4 rings (SSSR count). The van der Waals surface area contributed by atoms with E-state index >= 15 is 0 Å². The number of ether oxygens (including phenoxy) is 1. The molecule has 4 heteroatoms. The molecule has 4 aromatic rings. The zero-order valence-corrected chi connectivity index (χ0v) is 14.0. The molecule has 1 N–H and O–H groups in total. The average molecular weight is 331 g/mol. The second-order valence-electron chi connectivity index (χ2n) is 5.93. The van der Waals surface area contributed by atoms with Crippen LogP contribution >= 0.6 is 0 Å². The van der Waals surface area contributed by atoms with Crippen LogP contribution in [-0.2, 0) is 0 Å². The number of aryl methyl sites for hydroxylation is 1. The van der Waals surface area contributed by atoms with Gasteiger partial charge in [0.05, 0.1) is 7.11 Å². The van der Waals surface area contributed by atoms with Crippen LogP contribution in [0.25, 0.3) is 21.7 Å². The highest BCUT2D eigenvalue weighted by Crippen LogP contribution is 2.29. The molecule has 0 aliphatic heterocycles. The minimum Gasteiger partial charge on any atom is -0.497 e. The molecule has 0 aliphatic carbocycles. The number of hydrogen-bond acceptors (Lipinski definition) is 3. The van der Waals surface area contributed by atoms with E-state index in [1.54, 1.807) is 7.11 Å². The number of carbonyl (C=O) groups excluding carboxylic acids is 1. The Bertz CT molecular complexity index is 1090. The molecule has 0 unspecified atom stereocenters. The van der Waals surface area contributed by atoms with Gasteiger partial charge >= 0.3 is 0 Å². The van der Waals surface area contributed by atoms with Crippen LogP contribution in [0.2, 0.25) is 0 Å². The molecule has 0 saturated carbocycles. The maximum atomic E-state index is 12.7. The van der Waals surface area contributed by atoms with E-state index < -0.39 is 0 Å². The molecule has 1 amide bonds. The predicted molar refractivity (Wildman–Crippen MR) is 99.4 cm³/mol. The molecule has 25 heavy (non-hydrogen) atoms. The molecule has 124 valence electrons. The highest BCUT2D eigenvalue weighted by molar-refractivity contribution is 6.07. The first kappa shape index (κ1) is 15.3. The Morgan fingerprint density at radius 2 is 1.80 bits per heavy atom. The summed E-state index contributed by atoms with van der Waals surface area (Å²) in [7, 11) is 1.62. The summed E-state index contributed by atoms with van der Waals surface area (Å²) < 4.78 is 11.0. The Hall–Kier alpha value is -3.27. The largest absolute Gasteiger partial charge is 0.497 e. The smallest absolute Gasteiger partial charge is 0.291 e. The van der Waals surface area contributed by atoms with Gasteiger partial charge in [-0.2, -0.15) is 0 Å². The van der Waals surface area contributed by atoms with Crippen LogP contribution < -0.4 is 10.1 Å². The van der Waals surface area contributed by atoms with Crippen LogP contribution in [0, 0.1) is 6.92 Å². The molecule has 3 aromatic carbocycles. The molecule has 4 nitrogen and oxygen atoms in total. The third-order valence-electron chi connectivity index (χ3n) is 4.36. The molecular weight excluding hydrogens is 314 g/mol. The zero-order chi connectivity index (χ0) is 17.4. The zero-order valence-electron chi connectivity index (χ0n) is 14.0. The van der Waals surface area contributed by atoms with E-state index in [0.29, 0.717) is 11.3 Å². The van der Waals surface area contributed by atoms with E-state index in [0.717, 1.165) is 33.2 Å². The van der Waals surface area contributed by atoms with E-state index in [1.807, 2.05) is 67.6 Å². The SMILES string of the molecule is COc1ccc2oc(C(=O)Nc3ccc4ccccc4c3)c(C)c2c1. The third kappa shape index (κ3) is 2.72. The van der Waals surface area contributed by atoms with Crippen molar-refractivity contribution in [2.45, 2.75) is 6.92 Å². The summed E-state index contributed by atoms with van der Waals surface area (Å²) in [4.78, 5) is 12.7. The highest BCUT2D eigenvalue weighted by Gasteiger charge is 2.18. The molecular formula is C21H17NO3. The van der Waals surface area contributed by atoms with Gasteiger partial charge in [0, 0.05) is 16.6 Å². The van der Waals surface area contributed by atoms with Crippen LogP contribution in [0.15, 0.2) is 65.1 Å². The van der Waals surface area contributed by atoms with Gasteiger partial charge < -0.3 is 14.5 Å². The van der Waals surface area contributed by atoms with E-state index in [-0.39, 0.29) is 5.91 Å². The van der Waals surface area contributed by atoms with Gasteiger partial charge in [-0.15, -0.1) is 0 Å². The molecule has 1 aromatic heterocycles. The van der Waals surface area contributed by atoms with Crippen molar-refractivity contribution in [1.29, 1.82) is 0 Å². The summed E-state index contributed by atoms with van der Waals surface area (Å²) in [6.45, 7) is 1.88. The van der Waals surface area contributed by atoms with Gasteiger partial charge in [-0.05, 0) is 48.0 Å². The van der Waals surface area contributed by atoms with Crippen molar-refractivity contribution in [3.05, 3.63) is 72.0 Å². The molecule has 0 aliphatic rings. The van der Waals surface area contributed by atoms with Crippen LogP contribution in [0.4, 0.5) is 5.69 Å². The Labute approximate surface area is 145 Å². The molecule has 0 radical (unpaired) electrons. The summed E-state index contributed by atoms with van der Waals surface area (Å²) in [6, 6.07) is 19.4. The Morgan fingerprint density at radius 3 is 2.60 bits per heavy atom. The van der Waals surface area contributed by atoms with Crippen LogP contribution in [-0.4, -0.2) is 13.0 Å². The summed E-state index contributed by atoms with van der Waals surface area (Å²) in [5.74, 6) is 0.789. The fraction of sp³-hybridized carbons (Fsp3) is 0.0952. The van der Waals surface area contributed by atoms with Gasteiger partial charge in [-0.25, -0.2) is 0 Å². The second-order valence-corrected chi connectivity index (χ2v) is 5.93. The number of benzene rings is 3. The van der Waals surface area contributed by atoms with Gasteiger partial charge in [-0.1, -0.05) is 30.3 Å². The first-order valence-corrected chi connectivity index (χ1v) is 8.03. The maximum absolute atomic E-state index is 12.7. The standard InChI is InChI=1S/C21H17NO3/c1-13-18-12-17(24-2)9-10-19(18)25-20(13)21(23)22-16-8-7-14-5-3-4-6-15(14)11-16/h3-12H,1-2H3,(H,22,23). The van der Waals surface area contributed by atoms with E-state index in [1.165, 1.54) is 0 Å². The lowest BCUT2D eigenvalue weighted by atomic mass is 10.1. The van der Waals surface area contributed by atoms with Gasteiger partial charge in [0.25, 0.3) is 5.91 Å². The molecule has 0 fully saturated rings. The normalized spacial score (nSPS) is 11.0. The summed E-state index contributed by atoms with van der Waals surface area (Å²) >= 11 is 0. The van der Waals surface area contributed by atoms with Crippen molar-refractivity contribution in [3.8, 4) is 5.75 Å². The van der Waals surface area contributed by atoms with E-state index in [2.05, 4.69) is 5.32 Å². The Kier molecular flexibility index (Phi) is 3.65. The summed E-state index contributed by atoms with van der Waals surface area (Å²) in [6.07, 6.45) is 0. The molecule has 0 atom stereocenters. The van der Waals surface area contributed by atoms with Crippen molar-refractivity contribution in [3.63, 3.8) is 0 Å². The lowest BCUT2D eigenvalue weighted by Gasteiger charge is -2.05. The van der Waals surface area contributed by atoms with Gasteiger partial charge in [-0.3, -0.25) is 4.79 Å². The van der Waals surface area contributed by atoms with Crippen molar-refractivity contribution < 1.29 is 13.9 Å². The number of amides is 1. The third-order valence-corrected chi connectivity index (χ3v) is 4.36. The molecule has 0 bridgehead atoms. The van der Waals surface area contributed by atoms with Gasteiger partial charge in [0.2, 0.25) is 0 Å². The quantitative estimate of drug-likeness (QED) is 0.564. The number of anilines is 1. The molecule has 1 heterocycles. The summed E-state index contributed by atoms with van der Waals surface area (Å²) in [5, 5.41) is 6.00. The lowest BCUT2D eigenvalue weighted by molar-refractivity contribution is 0.0998. The van der Waals surface area contributed by atoms with Gasteiger partial charge in [0.1, 0.15) is 11.3 Å². The number of nitrogens with one attached hydrogen (secondary N) is 1. The number of rotatable bonds is 3. The minimum absolute atomic E-state index is 0.261. The lowest BCUT2D eigenvalue weighted by Crippen LogP contribution is -2.12.